The van der Waals surface area contributed by atoms with Gasteiger partial charge in [0, 0.05) is 11.6 Å². The molecule has 0 spiro atoms. The molecule has 0 aliphatic carbocycles. The summed E-state index contributed by atoms with van der Waals surface area (Å²) in [6, 6.07) is 7.30. The molecule has 132 valence electrons. The fourth-order valence-electron chi connectivity index (χ4n) is 2.30. The number of fused-ring (bicyclic) bond motifs is 1. The number of hydrogen-bond donors (Lipinski definition) is 0. The lowest BCUT2D eigenvalue weighted by Gasteiger charge is -2.12. The summed E-state index contributed by atoms with van der Waals surface area (Å²) in [4.78, 5) is 7.68. The number of sulfone groups is 1. The number of halogens is 2. The number of nitrogens with zero attached hydrogens (tertiary/aromatic N) is 2. The molecular weight excluding hydrogens is 367 g/mol. The van der Waals surface area contributed by atoms with Gasteiger partial charge in [-0.25, -0.2) is 17.8 Å². The molecule has 3 rings (SSSR count). The van der Waals surface area contributed by atoms with Crippen LogP contribution in [0.4, 0.5) is 4.39 Å². The van der Waals surface area contributed by atoms with E-state index in [1.54, 1.807) is 12.1 Å². The fourth-order valence-corrected chi connectivity index (χ4v) is 4.18. The second-order valence-electron chi connectivity index (χ2n) is 6.61. The van der Waals surface area contributed by atoms with E-state index in [4.69, 9.17) is 16.0 Å². The Bertz CT molecular complexity index is 1030. The van der Waals surface area contributed by atoms with Gasteiger partial charge >= 0.3 is 0 Å². The van der Waals surface area contributed by atoms with Gasteiger partial charge < -0.3 is 4.42 Å². The molecule has 0 amide bonds. The summed E-state index contributed by atoms with van der Waals surface area (Å²) in [5.41, 5.74) is -2.76. The van der Waals surface area contributed by atoms with Gasteiger partial charge in [0.05, 0.1) is 10.7 Å². The first kappa shape index (κ1) is 17.8. The molecule has 0 aliphatic heterocycles. The first-order chi connectivity index (χ1) is 11.6. The Hall–Kier alpha value is -1.99. The van der Waals surface area contributed by atoms with Gasteiger partial charge in [-0.15, -0.1) is 0 Å². The summed E-state index contributed by atoms with van der Waals surface area (Å²) in [6.07, 6.45) is 1.33. The fraction of sp³-hybridized carbons (Fsp3) is 0.294. The van der Waals surface area contributed by atoms with Crippen molar-refractivity contribution >= 4 is 32.5 Å². The third kappa shape index (κ3) is 3.14. The summed E-state index contributed by atoms with van der Waals surface area (Å²) in [5.74, 6) is 0.342. The molecule has 0 aliphatic rings. The van der Waals surface area contributed by atoms with Gasteiger partial charge in [0.15, 0.2) is 5.58 Å². The molecule has 0 saturated carbocycles. The molecule has 1 atom stereocenters. The van der Waals surface area contributed by atoms with Crippen molar-refractivity contribution in [3.8, 4) is 0 Å². The van der Waals surface area contributed by atoms with Gasteiger partial charge in [0.2, 0.25) is 21.2 Å². The lowest BCUT2D eigenvalue weighted by molar-refractivity contribution is 0.405. The molecule has 25 heavy (non-hydrogen) atoms. The number of alkyl halides is 1. The molecule has 3 aromatic rings. The summed E-state index contributed by atoms with van der Waals surface area (Å²) in [5, 5.41) is -0.123. The number of oxazole rings is 1. The van der Waals surface area contributed by atoms with Crippen molar-refractivity contribution in [2.45, 2.75) is 36.6 Å². The van der Waals surface area contributed by atoms with Crippen LogP contribution in [0.2, 0.25) is 5.02 Å². The van der Waals surface area contributed by atoms with E-state index in [1.807, 2.05) is 20.8 Å². The molecular formula is C17H16ClFN2O3S. The third-order valence-corrected chi connectivity index (χ3v) is 5.77. The van der Waals surface area contributed by atoms with Crippen molar-refractivity contribution in [3.05, 3.63) is 53.1 Å². The standard InChI is InChI=1S/C17H16ClFN2O3S/c1-17(2,3)16-21-11-8-7-10(18)14(13(11)24-16)25(22,23)15(19)12-6-4-5-9-20-12/h4-9,15H,1-3H3. The minimum Gasteiger partial charge on any atom is -0.439 e. The highest BCUT2D eigenvalue weighted by molar-refractivity contribution is 7.91. The maximum atomic E-state index is 14.8. The molecule has 2 heterocycles. The minimum absolute atomic E-state index is 0.0454. The zero-order chi connectivity index (χ0) is 18.4. The van der Waals surface area contributed by atoms with Crippen LogP contribution in [-0.4, -0.2) is 18.4 Å². The van der Waals surface area contributed by atoms with Crippen molar-refractivity contribution < 1.29 is 17.2 Å². The molecule has 1 unspecified atom stereocenters. The van der Waals surface area contributed by atoms with E-state index in [1.165, 1.54) is 24.4 Å². The number of pyridine rings is 1. The molecule has 0 radical (unpaired) electrons. The van der Waals surface area contributed by atoms with Crippen LogP contribution in [0.25, 0.3) is 11.1 Å². The molecule has 0 bridgehead atoms. The monoisotopic (exact) mass is 382 g/mol. The van der Waals surface area contributed by atoms with Crippen LogP contribution in [0.1, 0.15) is 37.9 Å². The average molecular weight is 383 g/mol. The highest BCUT2D eigenvalue weighted by atomic mass is 35.5. The van der Waals surface area contributed by atoms with Gasteiger partial charge in [-0.1, -0.05) is 38.4 Å². The molecule has 0 saturated heterocycles. The number of hydrogen-bond acceptors (Lipinski definition) is 5. The quantitative estimate of drug-likeness (QED) is 0.661. The van der Waals surface area contributed by atoms with Crippen LogP contribution in [0.15, 0.2) is 45.8 Å². The second kappa shape index (κ2) is 6.07. The van der Waals surface area contributed by atoms with Crippen LogP contribution in [0.3, 0.4) is 0 Å². The Kier molecular flexibility index (Phi) is 4.33. The predicted octanol–water partition coefficient (Wildman–Crippen LogP) is 4.62. The highest BCUT2D eigenvalue weighted by Crippen LogP contribution is 2.39. The van der Waals surface area contributed by atoms with E-state index in [2.05, 4.69) is 9.97 Å². The van der Waals surface area contributed by atoms with Crippen molar-refractivity contribution in [2.75, 3.05) is 0 Å². The Labute approximate surface area is 149 Å². The smallest absolute Gasteiger partial charge is 0.247 e. The Morgan fingerprint density at radius 1 is 1.20 bits per heavy atom. The van der Waals surface area contributed by atoms with Crippen molar-refractivity contribution in [2.24, 2.45) is 0 Å². The Morgan fingerprint density at radius 3 is 2.52 bits per heavy atom. The van der Waals surface area contributed by atoms with E-state index >= 15 is 0 Å². The van der Waals surface area contributed by atoms with Gasteiger partial charge in [-0.2, -0.15) is 0 Å². The number of benzene rings is 1. The average Bonchev–Trinajstić information content (AvgIpc) is 2.98. The van der Waals surface area contributed by atoms with E-state index in [9.17, 15) is 12.8 Å². The lowest BCUT2D eigenvalue weighted by atomic mass is 9.97. The summed E-state index contributed by atoms with van der Waals surface area (Å²) < 4.78 is 46.1. The highest BCUT2D eigenvalue weighted by Gasteiger charge is 2.36. The van der Waals surface area contributed by atoms with E-state index in [0.29, 0.717) is 11.4 Å². The van der Waals surface area contributed by atoms with Crippen LogP contribution in [-0.2, 0) is 15.3 Å². The topological polar surface area (TPSA) is 73.1 Å². The van der Waals surface area contributed by atoms with Gasteiger partial charge in [0.1, 0.15) is 10.4 Å². The molecule has 5 nitrogen and oxygen atoms in total. The zero-order valence-corrected chi connectivity index (χ0v) is 15.4. The first-order valence-corrected chi connectivity index (χ1v) is 9.43. The summed E-state index contributed by atoms with van der Waals surface area (Å²) in [7, 11) is -4.48. The van der Waals surface area contributed by atoms with Gasteiger partial charge in [-0.05, 0) is 24.3 Å². The molecule has 1 aromatic carbocycles. The largest absolute Gasteiger partial charge is 0.439 e. The Morgan fingerprint density at radius 2 is 1.92 bits per heavy atom. The van der Waals surface area contributed by atoms with Gasteiger partial charge in [0.25, 0.3) is 0 Å². The SMILES string of the molecule is CC(C)(C)c1nc2ccc(Cl)c(S(=O)(=O)C(F)c3ccccn3)c2o1. The van der Waals surface area contributed by atoms with E-state index in [-0.39, 0.29) is 16.3 Å². The first-order valence-electron chi connectivity index (χ1n) is 7.51. The Balaban J connectivity index is 2.23. The third-order valence-electron chi connectivity index (χ3n) is 3.58. The summed E-state index contributed by atoms with van der Waals surface area (Å²) >= 11 is 6.09. The molecule has 8 heteroatoms. The molecule has 2 aromatic heterocycles. The lowest BCUT2D eigenvalue weighted by Crippen LogP contribution is -2.12. The van der Waals surface area contributed by atoms with Crippen LogP contribution < -0.4 is 0 Å². The molecule has 0 N–H and O–H groups in total. The predicted molar refractivity (Wildman–Crippen MR) is 93.0 cm³/mol. The van der Waals surface area contributed by atoms with Crippen LogP contribution >= 0.6 is 11.6 Å². The van der Waals surface area contributed by atoms with Crippen molar-refractivity contribution in [1.29, 1.82) is 0 Å². The van der Waals surface area contributed by atoms with Crippen LogP contribution in [0, 0.1) is 0 Å². The van der Waals surface area contributed by atoms with E-state index in [0.717, 1.165) is 0 Å². The number of aromatic nitrogens is 2. The number of rotatable bonds is 3. The van der Waals surface area contributed by atoms with Crippen molar-refractivity contribution in [3.63, 3.8) is 0 Å². The normalized spacial score (nSPS) is 14.0. The zero-order valence-electron chi connectivity index (χ0n) is 13.8. The van der Waals surface area contributed by atoms with Crippen LogP contribution in [0.5, 0.6) is 0 Å². The van der Waals surface area contributed by atoms with E-state index < -0.39 is 25.7 Å². The molecule has 0 fully saturated rings. The minimum atomic E-state index is -4.48. The maximum absolute atomic E-state index is 14.8. The second-order valence-corrected chi connectivity index (χ2v) is 8.93. The maximum Gasteiger partial charge on any atom is 0.247 e. The van der Waals surface area contributed by atoms with Gasteiger partial charge in [-0.3, -0.25) is 4.98 Å². The van der Waals surface area contributed by atoms with Crippen molar-refractivity contribution in [1.82, 2.24) is 9.97 Å². The summed E-state index contributed by atoms with van der Waals surface area (Å²) in [6.45, 7) is 5.62.